The summed E-state index contributed by atoms with van der Waals surface area (Å²) in [6.07, 6.45) is 1.95. The third-order valence-corrected chi connectivity index (χ3v) is 1.27. The molecule has 13 heavy (non-hydrogen) atoms. The molecule has 1 unspecified atom stereocenters. The number of hydrogen-bond acceptors (Lipinski definition) is 4. The van der Waals surface area contributed by atoms with Crippen LogP contribution in [0.2, 0.25) is 0 Å². The number of nitrogens with zero attached hydrogens (tertiary/aromatic N) is 1. The first-order valence-electron chi connectivity index (χ1n) is 3.77. The van der Waals surface area contributed by atoms with E-state index in [9.17, 15) is 9.59 Å². The Kier molecular flexibility index (Phi) is 12.5. The first-order valence-corrected chi connectivity index (χ1v) is 3.77. The van der Waals surface area contributed by atoms with Gasteiger partial charge in [0.1, 0.15) is 6.29 Å². The number of esters is 1. The van der Waals surface area contributed by atoms with Crippen molar-refractivity contribution < 1.29 is 14.3 Å². The van der Waals surface area contributed by atoms with Crippen LogP contribution in [0.1, 0.15) is 19.8 Å². The third-order valence-electron chi connectivity index (χ3n) is 1.27. The number of carbonyl (C=O) groups is 2. The normalized spacial score (nSPS) is 10.5. The molecule has 0 fully saturated rings. The number of ether oxygens (including phenoxy) is 1. The van der Waals surface area contributed by atoms with Crippen LogP contribution in [0.3, 0.4) is 0 Å². The summed E-state index contributed by atoms with van der Waals surface area (Å²) < 4.78 is 4.63. The van der Waals surface area contributed by atoms with E-state index >= 15 is 0 Å². The van der Waals surface area contributed by atoms with Gasteiger partial charge in [0, 0.05) is 0 Å². The average Bonchev–Trinajstić information content (AvgIpc) is 2.07. The van der Waals surface area contributed by atoms with Crippen LogP contribution in [0, 0.1) is 17.2 Å². The number of rotatable bonds is 5. The van der Waals surface area contributed by atoms with Crippen LogP contribution < -0.4 is 0 Å². The molecule has 0 aromatic rings. The van der Waals surface area contributed by atoms with Gasteiger partial charge in [0.25, 0.3) is 0 Å². The van der Waals surface area contributed by atoms with Crippen molar-refractivity contribution in [3.8, 4) is 6.07 Å². The fourth-order valence-corrected chi connectivity index (χ4v) is 0.546. The second-order valence-electron chi connectivity index (χ2n) is 2.26. The molecule has 68 valence electrons. The van der Waals surface area contributed by atoms with Crippen molar-refractivity contribution in [1.82, 2.24) is 0 Å². The third kappa shape index (κ3) is 7.35. The van der Waals surface area contributed by atoms with Crippen LogP contribution in [0.4, 0.5) is 0 Å². The summed E-state index contributed by atoms with van der Waals surface area (Å²) in [4.78, 5) is 20.9. The maximum atomic E-state index is 10.8. The van der Waals surface area contributed by atoms with E-state index in [1.165, 1.54) is 6.07 Å². The maximum absolute atomic E-state index is 10.8. The Labute approximate surface area is 120 Å². The zero-order valence-corrected chi connectivity index (χ0v) is 6.95. The summed E-state index contributed by atoms with van der Waals surface area (Å²) in [6.45, 7) is 2.23. The van der Waals surface area contributed by atoms with Gasteiger partial charge >= 0.3 is 57.4 Å². The van der Waals surface area contributed by atoms with E-state index in [1.807, 2.05) is 6.92 Å². The molecule has 0 aliphatic carbocycles. The molecule has 0 aromatic carbocycles. The Balaban J connectivity index is 0. The molecule has 4 nitrogen and oxygen atoms in total. The molecule has 0 rings (SSSR count). The standard InChI is InChI=1S/C8H11NO3.K.H/c1-2-3-4-12-8(11)7(5-9)6-10;;/h6-7H,2-4H2,1H3;;. The molecule has 0 aliphatic heterocycles. The van der Waals surface area contributed by atoms with Crippen LogP contribution in [-0.2, 0) is 14.3 Å². The molecule has 5 heteroatoms. The predicted molar refractivity (Wildman–Crippen MR) is 48.2 cm³/mol. The summed E-state index contributed by atoms with van der Waals surface area (Å²) >= 11 is 0. The Hall–Kier alpha value is 0.266. The van der Waals surface area contributed by atoms with Crippen LogP contribution in [0.15, 0.2) is 0 Å². The van der Waals surface area contributed by atoms with Gasteiger partial charge in [0.05, 0.1) is 12.7 Å². The number of carbonyl (C=O) groups excluding carboxylic acids is 2. The topological polar surface area (TPSA) is 67.2 Å². The van der Waals surface area contributed by atoms with Crippen molar-refractivity contribution in [2.24, 2.45) is 5.92 Å². The second-order valence-corrected chi connectivity index (χ2v) is 2.26. The fourth-order valence-electron chi connectivity index (χ4n) is 0.546. The van der Waals surface area contributed by atoms with Gasteiger partial charge in [-0.1, -0.05) is 13.3 Å². The van der Waals surface area contributed by atoms with Crippen molar-refractivity contribution in [2.75, 3.05) is 6.61 Å². The van der Waals surface area contributed by atoms with E-state index < -0.39 is 11.9 Å². The summed E-state index contributed by atoms with van der Waals surface area (Å²) in [6, 6.07) is 1.54. The number of unbranched alkanes of at least 4 members (excludes halogenated alkanes) is 1. The van der Waals surface area contributed by atoms with E-state index in [2.05, 4.69) is 4.74 Å². The zero-order valence-electron chi connectivity index (χ0n) is 6.95. The fraction of sp³-hybridized carbons (Fsp3) is 0.625. The minimum atomic E-state index is -1.26. The quantitative estimate of drug-likeness (QED) is 0.210. The molecule has 0 aromatic heterocycles. The van der Waals surface area contributed by atoms with Gasteiger partial charge in [-0.3, -0.25) is 4.79 Å². The monoisotopic (exact) mass is 209 g/mol. The first-order chi connectivity index (χ1) is 5.76. The number of aldehydes is 1. The summed E-state index contributed by atoms with van der Waals surface area (Å²) in [5.41, 5.74) is 0. The van der Waals surface area contributed by atoms with Gasteiger partial charge in [-0.05, 0) is 6.42 Å². The van der Waals surface area contributed by atoms with Gasteiger partial charge in [-0.25, -0.2) is 0 Å². The van der Waals surface area contributed by atoms with E-state index in [-0.39, 0.29) is 64.3 Å². The summed E-state index contributed by atoms with van der Waals surface area (Å²) in [5.74, 6) is -2.01. The molecule has 0 saturated heterocycles. The van der Waals surface area contributed by atoms with Crippen LogP contribution in [0.5, 0.6) is 0 Å². The van der Waals surface area contributed by atoms with Crippen molar-refractivity contribution in [3.05, 3.63) is 0 Å². The number of nitriles is 1. The van der Waals surface area contributed by atoms with Crippen LogP contribution in [-0.4, -0.2) is 70.2 Å². The van der Waals surface area contributed by atoms with E-state index in [1.54, 1.807) is 0 Å². The molecular weight excluding hydrogens is 197 g/mol. The molecule has 0 bridgehead atoms. The average molecular weight is 209 g/mol. The van der Waals surface area contributed by atoms with Gasteiger partial charge in [0.15, 0.2) is 5.92 Å². The van der Waals surface area contributed by atoms with Crippen molar-refractivity contribution in [3.63, 3.8) is 0 Å². The van der Waals surface area contributed by atoms with Gasteiger partial charge in [-0.15, -0.1) is 0 Å². The molecule has 0 saturated carbocycles. The number of hydrogen-bond donors (Lipinski definition) is 0. The second kappa shape index (κ2) is 10.3. The molecule has 0 heterocycles. The zero-order chi connectivity index (χ0) is 9.40. The Bertz CT molecular complexity index is 200. The van der Waals surface area contributed by atoms with Crippen LogP contribution in [0.25, 0.3) is 0 Å². The van der Waals surface area contributed by atoms with E-state index in [0.29, 0.717) is 0 Å². The van der Waals surface area contributed by atoms with Gasteiger partial charge < -0.3 is 9.53 Å². The summed E-state index contributed by atoms with van der Waals surface area (Å²) in [7, 11) is 0. The SMILES string of the molecule is CCCCOC(=O)C(C#N)C=O.[KH]. The molecule has 0 spiro atoms. The molecule has 1 atom stereocenters. The Morgan fingerprint density at radius 3 is 2.69 bits per heavy atom. The van der Waals surface area contributed by atoms with Crippen molar-refractivity contribution in [2.45, 2.75) is 19.8 Å². The molecule has 0 N–H and O–H groups in total. The predicted octanol–water partition coefficient (Wildman–Crippen LogP) is 0.0199. The van der Waals surface area contributed by atoms with E-state index in [4.69, 9.17) is 5.26 Å². The first kappa shape index (κ1) is 15.7. The van der Waals surface area contributed by atoms with Crippen molar-refractivity contribution in [1.29, 1.82) is 5.26 Å². The molecule has 0 amide bonds. The summed E-state index contributed by atoms with van der Waals surface area (Å²) in [5, 5.41) is 8.27. The van der Waals surface area contributed by atoms with E-state index in [0.717, 1.165) is 12.8 Å². The minimum absolute atomic E-state index is 0. The Morgan fingerprint density at radius 1 is 1.69 bits per heavy atom. The Morgan fingerprint density at radius 2 is 2.31 bits per heavy atom. The van der Waals surface area contributed by atoms with Crippen LogP contribution >= 0.6 is 0 Å². The van der Waals surface area contributed by atoms with Gasteiger partial charge in [0.2, 0.25) is 0 Å². The molecular formula is C8H12KNO3. The molecule has 0 radical (unpaired) electrons. The molecule has 0 aliphatic rings. The van der Waals surface area contributed by atoms with Crippen molar-refractivity contribution >= 4 is 63.6 Å². The van der Waals surface area contributed by atoms with Gasteiger partial charge in [-0.2, -0.15) is 5.26 Å².